The molecule has 0 bridgehead atoms. The van der Waals surface area contributed by atoms with Crippen LogP contribution in [-0.2, 0) is 11.2 Å². The predicted molar refractivity (Wildman–Crippen MR) is 96.1 cm³/mol. The van der Waals surface area contributed by atoms with Gasteiger partial charge in [-0.05, 0) is 37.1 Å². The van der Waals surface area contributed by atoms with E-state index in [0.717, 1.165) is 46.3 Å². The molecule has 1 unspecified atom stereocenters. The first-order valence-electron chi connectivity index (χ1n) is 8.24. The summed E-state index contributed by atoms with van der Waals surface area (Å²) in [5.41, 5.74) is 4.88. The molecule has 1 aliphatic heterocycles. The van der Waals surface area contributed by atoms with Gasteiger partial charge in [0, 0.05) is 34.7 Å². The fourth-order valence-corrected chi connectivity index (χ4v) is 3.33. The van der Waals surface area contributed by atoms with Gasteiger partial charge in [-0.2, -0.15) is 5.10 Å². The highest BCUT2D eigenvalue weighted by Gasteiger charge is 2.32. The Balaban J connectivity index is 1.68. The Morgan fingerprint density at radius 3 is 3.17 bits per heavy atom. The maximum absolute atomic E-state index is 12.3. The van der Waals surface area contributed by atoms with Crippen molar-refractivity contribution < 1.29 is 4.79 Å². The third kappa shape index (κ3) is 2.50. The molecule has 0 saturated carbocycles. The molecule has 120 valence electrons. The lowest BCUT2D eigenvalue weighted by atomic mass is 9.91. The number of carbonyl (C=O) groups is 1. The van der Waals surface area contributed by atoms with Gasteiger partial charge < -0.3 is 5.32 Å². The normalized spacial score (nSPS) is 21.5. The second-order valence-corrected chi connectivity index (χ2v) is 6.14. The van der Waals surface area contributed by atoms with Crippen LogP contribution in [0.1, 0.15) is 24.6 Å². The van der Waals surface area contributed by atoms with Crippen molar-refractivity contribution in [2.45, 2.75) is 19.8 Å². The van der Waals surface area contributed by atoms with E-state index in [0.29, 0.717) is 0 Å². The minimum Gasteiger partial charge on any atom is -0.325 e. The Morgan fingerprint density at radius 2 is 2.29 bits per heavy atom. The number of aromatic nitrogens is 2. The number of allylic oxidation sites excluding steroid dienone is 6. The third-order valence-corrected chi connectivity index (χ3v) is 4.59. The lowest BCUT2D eigenvalue weighted by Gasteiger charge is -2.11. The smallest absolute Gasteiger partial charge is 0.252 e. The number of hydrogen-bond acceptors (Lipinski definition) is 2. The summed E-state index contributed by atoms with van der Waals surface area (Å²) in [6, 6.07) is 6.16. The number of benzene rings is 1. The molecule has 1 aromatic heterocycles. The number of rotatable bonds is 3. The molecule has 1 aromatic carbocycles. The Labute approximate surface area is 140 Å². The summed E-state index contributed by atoms with van der Waals surface area (Å²) in [6.07, 6.45) is 13.9. The summed E-state index contributed by atoms with van der Waals surface area (Å²) in [5, 5.41) is 11.6. The number of hydrogen-bond donors (Lipinski definition) is 2. The summed E-state index contributed by atoms with van der Waals surface area (Å²) < 4.78 is 0. The van der Waals surface area contributed by atoms with Gasteiger partial charge in [0.15, 0.2) is 0 Å². The van der Waals surface area contributed by atoms with Gasteiger partial charge >= 0.3 is 0 Å². The van der Waals surface area contributed by atoms with Crippen LogP contribution in [0.15, 0.2) is 59.8 Å². The lowest BCUT2D eigenvalue weighted by Crippen LogP contribution is -2.13. The van der Waals surface area contributed by atoms with Crippen LogP contribution in [0.25, 0.3) is 17.0 Å². The number of amides is 1. The number of aromatic amines is 1. The average molecular weight is 317 g/mol. The molecule has 1 atom stereocenters. The van der Waals surface area contributed by atoms with Crippen molar-refractivity contribution in [3.63, 3.8) is 0 Å². The number of nitrogens with one attached hydrogen (secondary N) is 2. The summed E-state index contributed by atoms with van der Waals surface area (Å²) in [7, 11) is 0. The minimum atomic E-state index is 0.00541. The highest BCUT2D eigenvalue weighted by Crippen LogP contribution is 2.33. The first-order valence-corrected chi connectivity index (χ1v) is 8.24. The highest BCUT2D eigenvalue weighted by molar-refractivity contribution is 6.03. The van der Waals surface area contributed by atoms with Crippen LogP contribution in [0.5, 0.6) is 0 Å². The summed E-state index contributed by atoms with van der Waals surface area (Å²) in [4.78, 5) is 12.3. The molecule has 2 aliphatic rings. The topological polar surface area (TPSA) is 57.8 Å². The summed E-state index contributed by atoms with van der Waals surface area (Å²) in [5.74, 6) is 0.161. The fraction of sp³-hybridized carbons (Fsp3) is 0.200. The molecular weight excluding hydrogens is 298 g/mol. The number of H-pyrrole nitrogens is 1. The highest BCUT2D eigenvalue weighted by atomic mass is 16.2. The monoisotopic (exact) mass is 317 g/mol. The van der Waals surface area contributed by atoms with Gasteiger partial charge in [0.25, 0.3) is 5.91 Å². The van der Waals surface area contributed by atoms with Crippen LogP contribution in [0.4, 0.5) is 0 Å². The van der Waals surface area contributed by atoms with Crippen molar-refractivity contribution in [2.24, 2.45) is 5.92 Å². The zero-order chi connectivity index (χ0) is 16.5. The SMILES string of the molecule is C/C=C/Cc1[nH]nc2cc(/C=C3/C(=O)NC4=CC=CCC43)ccc12. The lowest BCUT2D eigenvalue weighted by molar-refractivity contribution is -0.115. The van der Waals surface area contributed by atoms with Gasteiger partial charge in [-0.25, -0.2) is 0 Å². The van der Waals surface area contributed by atoms with Gasteiger partial charge in [-0.15, -0.1) is 0 Å². The second-order valence-electron chi connectivity index (χ2n) is 6.14. The van der Waals surface area contributed by atoms with E-state index in [2.05, 4.69) is 39.8 Å². The van der Waals surface area contributed by atoms with E-state index in [1.807, 2.05) is 37.3 Å². The number of fused-ring (bicyclic) bond motifs is 2. The molecule has 0 spiro atoms. The molecule has 1 aliphatic carbocycles. The van der Waals surface area contributed by atoms with Crippen LogP contribution in [0.3, 0.4) is 0 Å². The Hall–Kier alpha value is -2.88. The molecular formula is C20H19N3O. The van der Waals surface area contributed by atoms with Gasteiger partial charge in [0.2, 0.25) is 0 Å². The van der Waals surface area contributed by atoms with Crippen molar-refractivity contribution in [3.05, 3.63) is 71.1 Å². The molecule has 1 fully saturated rings. The molecule has 24 heavy (non-hydrogen) atoms. The fourth-order valence-electron chi connectivity index (χ4n) is 3.33. The first-order chi connectivity index (χ1) is 11.8. The van der Waals surface area contributed by atoms with Crippen molar-refractivity contribution in [3.8, 4) is 0 Å². The summed E-state index contributed by atoms with van der Waals surface area (Å²) >= 11 is 0. The van der Waals surface area contributed by atoms with E-state index in [9.17, 15) is 4.79 Å². The predicted octanol–water partition coefficient (Wildman–Crippen LogP) is 3.65. The first kappa shape index (κ1) is 14.7. The number of carbonyl (C=O) groups excluding carboxylic acids is 1. The maximum atomic E-state index is 12.3. The van der Waals surface area contributed by atoms with E-state index in [-0.39, 0.29) is 11.8 Å². The molecule has 4 nitrogen and oxygen atoms in total. The molecule has 0 radical (unpaired) electrons. The minimum absolute atomic E-state index is 0.00541. The van der Waals surface area contributed by atoms with Gasteiger partial charge in [0.1, 0.15) is 0 Å². The van der Waals surface area contributed by atoms with Crippen molar-refractivity contribution >= 4 is 22.9 Å². The average Bonchev–Trinajstić information content (AvgIpc) is 3.14. The zero-order valence-electron chi connectivity index (χ0n) is 13.5. The molecule has 4 rings (SSSR count). The van der Waals surface area contributed by atoms with E-state index >= 15 is 0 Å². The summed E-state index contributed by atoms with van der Waals surface area (Å²) in [6.45, 7) is 2.01. The van der Waals surface area contributed by atoms with E-state index in [1.54, 1.807) is 0 Å². The van der Waals surface area contributed by atoms with Gasteiger partial charge in [0.05, 0.1) is 5.52 Å². The molecule has 2 N–H and O–H groups in total. The van der Waals surface area contributed by atoms with E-state index in [1.165, 1.54) is 0 Å². The van der Waals surface area contributed by atoms with Crippen LogP contribution >= 0.6 is 0 Å². The van der Waals surface area contributed by atoms with Gasteiger partial charge in [-0.3, -0.25) is 9.89 Å². The van der Waals surface area contributed by atoms with E-state index in [4.69, 9.17) is 0 Å². The number of nitrogens with zero attached hydrogens (tertiary/aromatic N) is 1. The van der Waals surface area contributed by atoms with Crippen molar-refractivity contribution in [2.75, 3.05) is 0 Å². The van der Waals surface area contributed by atoms with Crippen molar-refractivity contribution in [1.29, 1.82) is 0 Å². The standard InChI is InChI=1S/C20H19N3O/c1-2-3-7-18-15-10-9-13(12-19(15)23-22-18)11-16-14-6-4-5-8-17(14)21-20(16)24/h2-5,8-12,14H,6-7H2,1H3,(H,21,24)(H,22,23)/b3-2+,16-11+. The zero-order valence-corrected chi connectivity index (χ0v) is 13.5. The second kappa shape index (κ2) is 5.96. The molecule has 2 heterocycles. The Kier molecular flexibility index (Phi) is 3.65. The molecule has 1 amide bonds. The van der Waals surface area contributed by atoms with Crippen LogP contribution in [-0.4, -0.2) is 16.1 Å². The third-order valence-electron chi connectivity index (χ3n) is 4.59. The van der Waals surface area contributed by atoms with Crippen LogP contribution < -0.4 is 5.32 Å². The molecule has 1 saturated heterocycles. The Bertz CT molecular complexity index is 928. The van der Waals surface area contributed by atoms with Crippen LogP contribution in [0, 0.1) is 5.92 Å². The molecule has 4 heteroatoms. The van der Waals surface area contributed by atoms with Crippen LogP contribution in [0.2, 0.25) is 0 Å². The largest absolute Gasteiger partial charge is 0.325 e. The maximum Gasteiger partial charge on any atom is 0.252 e. The van der Waals surface area contributed by atoms with Crippen molar-refractivity contribution in [1.82, 2.24) is 15.5 Å². The van der Waals surface area contributed by atoms with E-state index < -0.39 is 0 Å². The van der Waals surface area contributed by atoms with Gasteiger partial charge in [-0.1, -0.05) is 36.4 Å². The Morgan fingerprint density at radius 1 is 1.38 bits per heavy atom. The molecule has 2 aromatic rings. The quantitative estimate of drug-likeness (QED) is 0.670.